The third kappa shape index (κ3) is 3.93. The number of nitrogens with zero attached hydrogens (tertiary/aromatic N) is 3. The Labute approximate surface area is 152 Å². The summed E-state index contributed by atoms with van der Waals surface area (Å²) in [6.45, 7) is 0. The SMILES string of the molecule is O=C(NN=Cc1cccc([N+](=O)[O-])c1)c1cc(-c2ccccc2Cl)n[nH]1. The number of hydrazone groups is 1. The molecule has 0 fully saturated rings. The van der Waals surface area contributed by atoms with E-state index < -0.39 is 10.8 Å². The Bertz CT molecular complexity index is 999. The van der Waals surface area contributed by atoms with E-state index in [1.807, 2.05) is 6.07 Å². The van der Waals surface area contributed by atoms with Gasteiger partial charge in [0.15, 0.2) is 0 Å². The van der Waals surface area contributed by atoms with Crippen LogP contribution in [-0.2, 0) is 0 Å². The summed E-state index contributed by atoms with van der Waals surface area (Å²) in [6, 6.07) is 14.6. The minimum absolute atomic E-state index is 0.0572. The molecule has 1 aromatic heterocycles. The molecule has 0 unspecified atom stereocenters. The summed E-state index contributed by atoms with van der Waals surface area (Å²) < 4.78 is 0. The van der Waals surface area contributed by atoms with Crippen molar-refractivity contribution in [2.45, 2.75) is 0 Å². The normalized spacial score (nSPS) is 10.8. The quantitative estimate of drug-likeness (QED) is 0.407. The van der Waals surface area contributed by atoms with Gasteiger partial charge in [0.1, 0.15) is 5.69 Å². The molecule has 3 aromatic rings. The number of benzene rings is 2. The van der Waals surface area contributed by atoms with Crippen molar-refractivity contribution in [1.29, 1.82) is 0 Å². The number of nitrogens with one attached hydrogen (secondary N) is 2. The molecule has 26 heavy (non-hydrogen) atoms. The fourth-order valence-electron chi connectivity index (χ4n) is 2.19. The number of rotatable bonds is 5. The summed E-state index contributed by atoms with van der Waals surface area (Å²) in [6.07, 6.45) is 1.32. The second-order valence-electron chi connectivity index (χ2n) is 5.20. The Morgan fingerprint density at radius 2 is 2.04 bits per heavy atom. The van der Waals surface area contributed by atoms with E-state index in [-0.39, 0.29) is 11.4 Å². The fourth-order valence-corrected chi connectivity index (χ4v) is 2.42. The van der Waals surface area contributed by atoms with E-state index in [0.29, 0.717) is 21.8 Å². The highest BCUT2D eigenvalue weighted by Crippen LogP contribution is 2.26. The van der Waals surface area contributed by atoms with E-state index in [0.717, 1.165) is 0 Å². The number of H-pyrrole nitrogens is 1. The predicted octanol–water partition coefficient (Wildman–Crippen LogP) is 3.40. The van der Waals surface area contributed by atoms with Crippen molar-refractivity contribution in [3.05, 3.63) is 81.0 Å². The maximum atomic E-state index is 12.1. The topological polar surface area (TPSA) is 113 Å². The van der Waals surface area contributed by atoms with Crippen molar-refractivity contribution in [2.75, 3.05) is 0 Å². The summed E-state index contributed by atoms with van der Waals surface area (Å²) >= 11 is 6.11. The van der Waals surface area contributed by atoms with Gasteiger partial charge in [-0.25, -0.2) is 5.43 Å². The number of non-ortho nitro benzene ring substituents is 1. The van der Waals surface area contributed by atoms with Gasteiger partial charge >= 0.3 is 0 Å². The lowest BCUT2D eigenvalue weighted by molar-refractivity contribution is -0.384. The van der Waals surface area contributed by atoms with Crippen LogP contribution in [0.1, 0.15) is 16.1 Å². The van der Waals surface area contributed by atoms with Gasteiger partial charge in [0.25, 0.3) is 11.6 Å². The number of aromatic amines is 1. The van der Waals surface area contributed by atoms with Crippen molar-refractivity contribution >= 4 is 29.4 Å². The molecule has 0 saturated carbocycles. The van der Waals surface area contributed by atoms with Gasteiger partial charge in [0.2, 0.25) is 0 Å². The van der Waals surface area contributed by atoms with Gasteiger partial charge in [0.05, 0.1) is 21.9 Å². The molecule has 9 heteroatoms. The number of hydrogen-bond acceptors (Lipinski definition) is 5. The molecule has 0 bridgehead atoms. The Morgan fingerprint density at radius 1 is 1.23 bits per heavy atom. The number of halogens is 1. The highest BCUT2D eigenvalue weighted by atomic mass is 35.5. The zero-order valence-electron chi connectivity index (χ0n) is 13.2. The zero-order chi connectivity index (χ0) is 18.5. The number of aromatic nitrogens is 2. The second kappa shape index (κ2) is 7.58. The van der Waals surface area contributed by atoms with Gasteiger partial charge < -0.3 is 0 Å². The van der Waals surface area contributed by atoms with Gasteiger partial charge in [0, 0.05) is 23.3 Å². The van der Waals surface area contributed by atoms with Gasteiger partial charge in [-0.05, 0) is 12.1 Å². The minimum atomic E-state index is -0.503. The Balaban J connectivity index is 1.68. The molecule has 0 radical (unpaired) electrons. The molecule has 0 atom stereocenters. The van der Waals surface area contributed by atoms with Crippen LogP contribution in [0.2, 0.25) is 5.02 Å². The predicted molar refractivity (Wildman–Crippen MR) is 97.2 cm³/mol. The zero-order valence-corrected chi connectivity index (χ0v) is 14.0. The van der Waals surface area contributed by atoms with Gasteiger partial charge in [-0.2, -0.15) is 10.2 Å². The number of nitro groups is 1. The van der Waals surface area contributed by atoms with Crippen molar-refractivity contribution in [3.8, 4) is 11.3 Å². The van der Waals surface area contributed by atoms with E-state index in [1.54, 1.807) is 30.3 Å². The van der Waals surface area contributed by atoms with Crippen molar-refractivity contribution < 1.29 is 9.72 Å². The average molecular weight is 370 g/mol. The molecule has 130 valence electrons. The summed E-state index contributed by atoms with van der Waals surface area (Å²) in [5.74, 6) is -0.502. The van der Waals surface area contributed by atoms with Crippen LogP contribution in [0.5, 0.6) is 0 Å². The Hall–Kier alpha value is -3.52. The van der Waals surface area contributed by atoms with E-state index in [1.165, 1.54) is 24.4 Å². The molecule has 2 N–H and O–H groups in total. The molecule has 8 nitrogen and oxygen atoms in total. The lowest BCUT2D eigenvalue weighted by Crippen LogP contribution is -2.18. The highest BCUT2D eigenvalue weighted by molar-refractivity contribution is 6.33. The smallest absolute Gasteiger partial charge is 0.272 e. The van der Waals surface area contributed by atoms with Crippen LogP contribution < -0.4 is 5.43 Å². The van der Waals surface area contributed by atoms with Gasteiger partial charge in [-0.1, -0.05) is 41.9 Å². The molecule has 0 spiro atoms. The van der Waals surface area contributed by atoms with E-state index in [9.17, 15) is 14.9 Å². The van der Waals surface area contributed by atoms with Gasteiger partial charge in [-0.15, -0.1) is 0 Å². The molecule has 2 aromatic carbocycles. The first-order chi connectivity index (χ1) is 12.5. The van der Waals surface area contributed by atoms with Crippen LogP contribution in [0.15, 0.2) is 59.7 Å². The number of amides is 1. The average Bonchev–Trinajstić information content (AvgIpc) is 3.12. The second-order valence-corrected chi connectivity index (χ2v) is 5.61. The Morgan fingerprint density at radius 3 is 2.81 bits per heavy atom. The van der Waals surface area contributed by atoms with Crippen molar-refractivity contribution in [3.63, 3.8) is 0 Å². The third-order valence-electron chi connectivity index (χ3n) is 3.43. The molecule has 0 aliphatic heterocycles. The molecular weight excluding hydrogens is 358 g/mol. The number of carbonyl (C=O) groups is 1. The van der Waals surface area contributed by atoms with Crippen molar-refractivity contribution in [2.24, 2.45) is 5.10 Å². The van der Waals surface area contributed by atoms with Crippen LogP contribution in [-0.4, -0.2) is 27.2 Å². The highest BCUT2D eigenvalue weighted by Gasteiger charge is 2.12. The molecule has 1 heterocycles. The molecular formula is C17H12ClN5O3. The van der Waals surface area contributed by atoms with Gasteiger partial charge in [-0.3, -0.25) is 20.0 Å². The number of hydrogen-bond donors (Lipinski definition) is 2. The fraction of sp³-hybridized carbons (Fsp3) is 0. The summed E-state index contributed by atoms with van der Waals surface area (Å²) in [5.41, 5.74) is 4.20. The summed E-state index contributed by atoms with van der Waals surface area (Å²) in [5, 5.41) is 21.7. The van der Waals surface area contributed by atoms with Crippen LogP contribution >= 0.6 is 11.6 Å². The number of nitro benzene ring substituents is 1. The lowest BCUT2D eigenvalue weighted by atomic mass is 10.1. The maximum absolute atomic E-state index is 12.1. The first-order valence-corrected chi connectivity index (χ1v) is 7.80. The lowest BCUT2D eigenvalue weighted by Gasteiger charge is -1.98. The molecule has 0 aliphatic carbocycles. The van der Waals surface area contributed by atoms with Crippen LogP contribution in [0, 0.1) is 10.1 Å². The third-order valence-corrected chi connectivity index (χ3v) is 3.76. The summed E-state index contributed by atoms with van der Waals surface area (Å²) in [7, 11) is 0. The summed E-state index contributed by atoms with van der Waals surface area (Å²) in [4.78, 5) is 22.3. The van der Waals surface area contributed by atoms with Crippen LogP contribution in [0.25, 0.3) is 11.3 Å². The molecule has 1 amide bonds. The first kappa shape index (κ1) is 17.3. The monoisotopic (exact) mass is 369 g/mol. The van der Waals surface area contributed by atoms with Crippen LogP contribution in [0.3, 0.4) is 0 Å². The Kier molecular flexibility index (Phi) is 5.04. The maximum Gasteiger partial charge on any atom is 0.289 e. The standard InChI is InChI=1S/C17H12ClN5O3/c18-14-7-2-1-6-13(14)15-9-16(21-20-15)17(24)22-19-10-11-4-3-5-12(8-11)23(25)26/h1-10H,(H,20,21)(H,22,24). The van der Waals surface area contributed by atoms with Crippen LogP contribution in [0.4, 0.5) is 5.69 Å². The van der Waals surface area contributed by atoms with Crippen molar-refractivity contribution in [1.82, 2.24) is 15.6 Å². The van der Waals surface area contributed by atoms with E-state index in [4.69, 9.17) is 11.6 Å². The molecule has 3 rings (SSSR count). The number of carbonyl (C=O) groups excluding carboxylic acids is 1. The molecule has 0 aliphatic rings. The van der Waals surface area contributed by atoms with E-state index in [2.05, 4.69) is 20.7 Å². The van der Waals surface area contributed by atoms with E-state index >= 15 is 0 Å². The molecule has 0 saturated heterocycles. The largest absolute Gasteiger partial charge is 0.289 e. The minimum Gasteiger partial charge on any atom is -0.272 e. The first-order valence-electron chi connectivity index (χ1n) is 7.43.